The predicted molar refractivity (Wildman–Crippen MR) is 62.6 cm³/mol. The molecule has 92 valence electrons. The fraction of sp³-hybridized carbons (Fsp3) is 0.545. The SMILES string of the molecule is NCCCN(C(=O)c1ccc(=O)[nH]n1)C1CC1. The van der Waals surface area contributed by atoms with E-state index in [0.717, 1.165) is 19.3 Å². The Hall–Kier alpha value is -1.69. The van der Waals surface area contributed by atoms with E-state index in [1.807, 2.05) is 0 Å². The number of hydrogen-bond donors (Lipinski definition) is 2. The zero-order valence-corrected chi connectivity index (χ0v) is 9.56. The van der Waals surface area contributed by atoms with Crippen LogP contribution in [0.2, 0.25) is 0 Å². The molecule has 1 heterocycles. The summed E-state index contributed by atoms with van der Waals surface area (Å²) >= 11 is 0. The molecule has 0 unspecified atom stereocenters. The number of hydrogen-bond acceptors (Lipinski definition) is 4. The van der Waals surface area contributed by atoms with Gasteiger partial charge in [-0.3, -0.25) is 9.59 Å². The summed E-state index contributed by atoms with van der Waals surface area (Å²) in [6.07, 6.45) is 2.87. The molecule has 1 aliphatic rings. The van der Waals surface area contributed by atoms with Gasteiger partial charge in [0, 0.05) is 18.7 Å². The minimum Gasteiger partial charge on any atom is -0.334 e. The maximum absolute atomic E-state index is 12.1. The first-order valence-corrected chi connectivity index (χ1v) is 5.79. The van der Waals surface area contributed by atoms with E-state index in [4.69, 9.17) is 5.73 Å². The average molecular weight is 236 g/mol. The van der Waals surface area contributed by atoms with E-state index < -0.39 is 0 Å². The maximum atomic E-state index is 12.1. The molecule has 0 radical (unpaired) electrons. The van der Waals surface area contributed by atoms with Crippen LogP contribution in [0.5, 0.6) is 0 Å². The van der Waals surface area contributed by atoms with Crippen molar-refractivity contribution in [3.63, 3.8) is 0 Å². The van der Waals surface area contributed by atoms with Crippen molar-refractivity contribution in [2.75, 3.05) is 13.1 Å². The van der Waals surface area contributed by atoms with Gasteiger partial charge in [0.1, 0.15) is 5.69 Å². The molecule has 0 saturated heterocycles. The first-order valence-electron chi connectivity index (χ1n) is 5.79. The van der Waals surface area contributed by atoms with Gasteiger partial charge in [0.2, 0.25) is 0 Å². The second-order valence-corrected chi connectivity index (χ2v) is 4.18. The first kappa shape index (κ1) is 11.8. The highest BCUT2D eigenvalue weighted by Gasteiger charge is 2.33. The summed E-state index contributed by atoms with van der Waals surface area (Å²) in [6.45, 7) is 1.22. The maximum Gasteiger partial charge on any atom is 0.274 e. The van der Waals surface area contributed by atoms with Crippen molar-refractivity contribution in [3.8, 4) is 0 Å². The smallest absolute Gasteiger partial charge is 0.274 e. The summed E-state index contributed by atoms with van der Waals surface area (Å²) in [6, 6.07) is 3.09. The standard InChI is InChI=1S/C11H16N4O2/c12-6-1-7-15(8-2-3-8)11(17)9-4-5-10(16)14-13-9/h4-5,8H,1-3,6-7,12H2,(H,14,16). The summed E-state index contributed by atoms with van der Waals surface area (Å²) in [5.41, 5.74) is 5.44. The normalized spacial score (nSPS) is 14.6. The Bertz CT molecular complexity index is 433. The Kier molecular flexibility index (Phi) is 3.53. The Morgan fingerprint density at radius 3 is 2.82 bits per heavy atom. The summed E-state index contributed by atoms with van der Waals surface area (Å²) in [5, 5.41) is 6.03. The van der Waals surface area contributed by atoms with E-state index in [0.29, 0.717) is 19.1 Å². The number of nitrogens with one attached hydrogen (secondary N) is 1. The third-order valence-corrected chi connectivity index (χ3v) is 2.75. The lowest BCUT2D eigenvalue weighted by Crippen LogP contribution is -2.35. The molecule has 6 heteroatoms. The molecule has 0 aromatic carbocycles. The van der Waals surface area contributed by atoms with Crippen LogP contribution >= 0.6 is 0 Å². The van der Waals surface area contributed by atoms with Crippen LogP contribution in [0.15, 0.2) is 16.9 Å². The van der Waals surface area contributed by atoms with Crippen LogP contribution in [-0.4, -0.2) is 40.1 Å². The molecule has 0 atom stereocenters. The van der Waals surface area contributed by atoms with Gasteiger partial charge < -0.3 is 10.6 Å². The Morgan fingerprint density at radius 1 is 1.53 bits per heavy atom. The molecule has 0 aliphatic heterocycles. The van der Waals surface area contributed by atoms with Crippen molar-refractivity contribution in [1.29, 1.82) is 0 Å². The highest BCUT2D eigenvalue weighted by Crippen LogP contribution is 2.27. The van der Waals surface area contributed by atoms with Crippen molar-refractivity contribution in [2.24, 2.45) is 5.73 Å². The van der Waals surface area contributed by atoms with Crippen LogP contribution in [0.3, 0.4) is 0 Å². The lowest BCUT2D eigenvalue weighted by atomic mass is 10.3. The van der Waals surface area contributed by atoms with Gasteiger partial charge in [0.25, 0.3) is 11.5 Å². The quantitative estimate of drug-likeness (QED) is 0.735. The van der Waals surface area contributed by atoms with E-state index in [2.05, 4.69) is 10.2 Å². The van der Waals surface area contributed by atoms with Gasteiger partial charge in [-0.25, -0.2) is 5.10 Å². The highest BCUT2D eigenvalue weighted by molar-refractivity contribution is 5.92. The highest BCUT2D eigenvalue weighted by atomic mass is 16.2. The number of nitrogens with zero attached hydrogens (tertiary/aromatic N) is 2. The van der Waals surface area contributed by atoms with Crippen LogP contribution in [0.25, 0.3) is 0 Å². The average Bonchev–Trinajstić information content (AvgIpc) is 3.14. The number of carbonyl (C=O) groups is 1. The zero-order chi connectivity index (χ0) is 12.3. The topological polar surface area (TPSA) is 92.1 Å². The molecular weight excluding hydrogens is 220 g/mol. The third-order valence-electron chi connectivity index (χ3n) is 2.75. The van der Waals surface area contributed by atoms with Crippen LogP contribution in [-0.2, 0) is 0 Å². The van der Waals surface area contributed by atoms with E-state index in [9.17, 15) is 9.59 Å². The van der Waals surface area contributed by atoms with Crippen molar-refractivity contribution in [2.45, 2.75) is 25.3 Å². The van der Waals surface area contributed by atoms with Gasteiger partial charge in [0.15, 0.2) is 0 Å². The second kappa shape index (κ2) is 5.09. The van der Waals surface area contributed by atoms with Crippen molar-refractivity contribution in [1.82, 2.24) is 15.1 Å². The molecule has 6 nitrogen and oxygen atoms in total. The van der Waals surface area contributed by atoms with Crippen LogP contribution < -0.4 is 11.3 Å². The number of H-pyrrole nitrogens is 1. The van der Waals surface area contributed by atoms with Crippen molar-refractivity contribution < 1.29 is 4.79 Å². The number of rotatable bonds is 5. The monoisotopic (exact) mass is 236 g/mol. The summed E-state index contributed by atoms with van der Waals surface area (Å²) in [4.78, 5) is 24.8. The van der Waals surface area contributed by atoms with Gasteiger partial charge in [-0.1, -0.05) is 0 Å². The minimum absolute atomic E-state index is 0.128. The van der Waals surface area contributed by atoms with E-state index >= 15 is 0 Å². The van der Waals surface area contributed by atoms with Gasteiger partial charge >= 0.3 is 0 Å². The lowest BCUT2D eigenvalue weighted by molar-refractivity contribution is 0.0735. The molecule has 1 fully saturated rings. The molecule has 3 N–H and O–H groups in total. The van der Waals surface area contributed by atoms with Crippen LogP contribution in [0.1, 0.15) is 29.8 Å². The molecule has 0 spiro atoms. The van der Waals surface area contributed by atoms with Crippen LogP contribution in [0, 0.1) is 0 Å². The first-order chi connectivity index (χ1) is 8.22. The Morgan fingerprint density at radius 2 is 2.29 bits per heavy atom. The molecule has 17 heavy (non-hydrogen) atoms. The minimum atomic E-state index is -0.304. The van der Waals surface area contributed by atoms with Gasteiger partial charge in [-0.15, -0.1) is 0 Å². The fourth-order valence-electron chi connectivity index (χ4n) is 1.71. The molecule has 1 aliphatic carbocycles. The summed E-state index contributed by atoms with van der Waals surface area (Å²) in [7, 11) is 0. The van der Waals surface area contributed by atoms with Crippen molar-refractivity contribution >= 4 is 5.91 Å². The number of carbonyl (C=O) groups excluding carboxylic acids is 1. The lowest BCUT2D eigenvalue weighted by Gasteiger charge is -2.21. The molecule has 1 amide bonds. The van der Waals surface area contributed by atoms with E-state index in [-0.39, 0.29) is 17.2 Å². The Labute approximate surface area is 98.8 Å². The largest absolute Gasteiger partial charge is 0.334 e. The number of nitrogens with two attached hydrogens (primary N) is 1. The molecule has 2 rings (SSSR count). The molecule has 1 aromatic heterocycles. The van der Waals surface area contributed by atoms with Gasteiger partial charge in [-0.2, -0.15) is 5.10 Å². The van der Waals surface area contributed by atoms with Gasteiger partial charge in [0.05, 0.1) is 0 Å². The molecule has 1 aromatic rings. The predicted octanol–water partition coefficient (Wildman–Crippen LogP) is -0.277. The molecule has 1 saturated carbocycles. The number of amides is 1. The fourth-order valence-corrected chi connectivity index (χ4v) is 1.71. The zero-order valence-electron chi connectivity index (χ0n) is 9.56. The number of aromatic amines is 1. The summed E-state index contributed by atoms with van der Waals surface area (Å²) in [5.74, 6) is -0.128. The van der Waals surface area contributed by atoms with Gasteiger partial charge in [-0.05, 0) is 31.9 Å². The third kappa shape index (κ3) is 2.91. The van der Waals surface area contributed by atoms with Crippen LogP contribution in [0.4, 0.5) is 0 Å². The second-order valence-electron chi connectivity index (χ2n) is 4.18. The van der Waals surface area contributed by atoms with E-state index in [1.165, 1.54) is 12.1 Å². The summed E-state index contributed by atoms with van der Waals surface area (Å²) < 4.78 is 0. The number of aromatic nitrogens is 2. The molecular formula is C11H16N4O2. The van der Waals surface area contributed by atoms with Crippen molar-refractivity contribution in [3.05, 3.63) is 28.2 Å². The molecule has 0 bridgehead atoms. The van der Waals surface area contributed by atoms with E-state index in [1.54, 1.807) is 4.90 Å². The Balaban J connectivity index is 2.09.